The molecule has 6 nitrogen and oxygen atoms in total. The van der Waals surface area contributed by atoms with Crippen LogP contribution in [0.4, 0.5) is 14.5 Å². The minimum atomic E-state index is -0.605. The van der Waals surface area contributed by atoms with Crippen LogP contribution in [-0.4, -0.2) is 61.6 Å². The quantitative estimate of drug-likeness (QED) is 0.498. The zero-order chi connectivity index (χ0) is 26.6. The average Bonchev–Trinajstić information content (AvgIpc) is 3.29. The second-order valence-corrected chi connectivity index (χ2v) is 10.0. The predicted molar refractivity (Wildman–Crippen MR) is 145 cm³/mol. The third-order valence-corrected chi connectivity index (χ3v) is 7.21. The van der Waals surface area contributed by atoms with Crippen molar-refractivity contribution in [2.45, 2.75) is 25.8 Å². The predicted octanol–water partition coefficient (Wildman–Crippen LogP) is 3.92. The molecular weight excluding hydrogens is 486 g/mol. The third kappa shape index (κ3) is 5.92. The number of likely N-dealkylation sites (N-methyl/N-ethyl adjacent to an activating group) is 1. The van der Waals surface area contributed by atoms with Crippen molar-refractivity contribution in [3.8, 4) is 0 Å². The fraction of sp³-hybridized carbons (Fsp3) is 0.333. The molecule has 1 fully saturated rings. The zero-order valence-corrected chi connectivity index (χ0v) is 21.5. The molecule has 0 unspecified atom stereocenters. The van der Waals surface area contributed by atoms with Crippen LogP contribution in [0.5, 0.6) is 0 Å². The minimum Gasteiger partial charge on any atom is -0.396 e. The molecule has 3 aromatic rings. The highest BCUT2D eigenvalue weighted by Gasteiger charge is 2.22. The molecule has 2 heterocycles. The van der Waals surface area contributed by atoms with E-state index < -0.39 is 11.6 Å². The number of nitrogens with one attached hydrogen (secondary N) is 1. The Kier molecular flexibility index (Phi) is 7.81. The van der Waals surface area contributed by atoms with Crippen LogP contribution in [0.25, 0.3) is 0 Å². The van der Waals surface area contributed by atoms with Gasteiger partial charge in [0.25, 0.3) is 5.91 Å². The SMILES string of the molecule is CN1CCN(c2ccc(C(=O)NC3=NCc4ccc(Cc5cc(F)cc(F)c5)cc43)c(CCCO)c2)CC1. The van der Waals surface area contributed by atoms with E-state index >= 15 is 0 Å². The van der Waals surface area contributed by atoms with E-state index in [1.165, 1.54) is 12.1 Å². The molecule has 0 bridgehead atoms. The molecule has 8 heteroatoms. The summed E-state index contributed by atoms with van der Waals surface area (Å²) in [5, 5.41) is 12.4. The van der Waals surface area contributed by atoms with Gasteiger partial charge in [0.2, 0.25) is 0 Å². The van der Waals surface area contributed by atoms with Crippen molar-refractivity contribution >= 4 is 17.4 Å². The van der Waals surface area contributed by atoms with Crippen LogP contribution in [0.2, 0.25) is 0 Å². The number of carbonyl (C=O) groups excluding carboxylic acids is 1. The molecular formula is C30H32F2N4O2. The largest absolute Gasteiger partial charge is 0.396 e. The van der Waals surface area contributed by atoms with Gasteiger partial charge in [-0.1, -0.05) is 12.1 Å². The van der Waals surface area contributed by atoms with Gasteiger partial charge in [0.15, 0.2) is 0 Å². The number of nitrogens with zero attached hydrogens (tertiary/aromatic N) is 3. The molecule has 0 spiro atoms. The van der Waals surface area contributed by atoms with Gasteiger partial charge in [-0.25, -0.2) is 8.78 Å². The highest BCUT2D eigenvalue weighted by Crippen LogP contribution is 2.25. The summed E-state index contributed by atoms with van der Waals surface area (Å²) in [6, 6.07) is 15.2. The highest BCUT2D eigenvalue weighted by molar-refractivity contribution is 6.14. The summed E-state index contributed by atoms with van der Waals surface area (Å²) in [4.78, 5) is 22.6. The first-order valence-corrected chi connectivity index (χ1v) is 13.0. The van der Waals surface area contributed by atoms with Crippen molar-refractivity contribution in [2.75, 3.05) is 44.7 Å². The van der Waals surface area contributed by atoms with Crippen molar-refractivity contribution in [3.63, 3.8) is 0 Å². The molecule has 0 atom stereocenters. The van der Waals surface area contributed by atoms with E-state index in [0.29, 0.717) is 42.8 Å². The molecule has 0 radical (unpaired) electrons. The lowest BCUT2D eigenvalue weighted by Gasteiger charge is -2.34. The number of amides is 1. The van der Waals surface area contributed by atoms with E-state index in [0.717, 1.165) is 60.2 Å². The summed E-state index contributed by atoms with van der Waals surface area (Å²) >= 11 is 0. The van der Waals surface area contributed by atoms with E-state index in [1.54, 1.807) is 0 Å². The number of rotatable bonds is 7. The molecule has 38 heavy (non-hydrogen) atoms. The molecule has 1 amide bonds. The number of aliphatic hydroxyl groups excluding tert-OH is 1. The number of fused-ring (bicyclic) bond motifs is 1. The van der Waals surface area contributed by atoms with Crippen LogP contribution in [-0.2, 0) is 19.4 Å². The molecule has 2 aliphatic rings. The Balaban J connectivity index is 1.34. The second-order valence-electron chi connectivity index (χ2n) is 10.0. The molecule has 198 valence electrons. The summed E-state index contributed by atoms with van der Waals surface area (Å²) in [6.45, 7) is 4.35. The van der Waals surface area contributed by atoms with Crippen molar-refractivity contribution in [1.82, 2.24) is 10.2 Å². The number of halogens is 2. The van der Waals surface area contributed by atoms with Gasteiger partial charge in [-0.05, 0) is 85.0 Å². The zero-order valence-electron chi connectivity index (χ0n) is 21.5. The number of carbonyl (C=O) groups is 1. The number of anilines is 1. The number of aliphatic hydroxyl groups is 1. The molecule has 2 N–H and O–H groups in total. The van der Waals surface area contributed by atoms with Gasteiger partial charge in [-0.2, -0.15) is 0 Å². The number of aliphatic imine (C=N–C) groups is 1. The van der Waals surface area contributed by atoms with E-state index in [9.17, 15) is 18.7 Å². The van der Waals surface area contributed by atoms with Gasteiger partial charge >= 0.3 is 0 Å². The molecule has 2 aliphatic heterocycles. The maximum atomic E-state index is 13.6. The Morgan fingerprint density at radius 1 is 0.974 bits per heavy atom. The lowest BCUT2D eigenvalue weighted by Crippen LogP contribution is -2.44. The number of hydrogen-bond acceptors (Lipinski definition) is 5. The van der Waals surface area contributed by atoms with Crippen molar-refractivity contribution < 1.29 is 18.7 Å². The Morgan fingerprint density at radius 3 is 2.47 bits per heavy atom. The highest BCUT2D eigenvalue weighted by atomic mass is 19.1. The normalized spacial score (nSPS) is 15.4. The number of benzene rings is 3. The average molecular weight is 519 g/mol. The Morgan fingerprint density at radius 2 is 1.74 bits per heavy atom. The summed E-state index contributed by atoms with van der Waals surface area (Å²) in [6.07, 6.45) is 1.53. The van der Waals surface area contributed by atoms with E-state index in [4.69, 9.17) is 0 Å². The van der Waals surface area contributed by atoms with Crippen LogP contribution in [0.1, 0.15) is 44.6 Å². The van der Waals surface area contributed by atoms with Crippen LogP contribution >= 0.6 is 0 Å². The van der Waals surface area contributed by atoms with Gasteiger partial charge in [0.05, 0.1) is 6.54 Å². The first-order chi connectivity index (χ1) is 18.4. The molecule has 3 aromatic carbocycles. The van der Waals surface area contributed by atoms with Gasteiger partial charge < -0.3 is 20.2 Å². The monoisotopic (exact) mass is 518 g/mol. The second kappa shape index (κ2) is 11.4. The van der Waals surface area contributed by atoms with Gasteiger partial charge in [0.1, 0.15) is 17.5 Å². The Labute approximate surface area is 221 Å². The van der Waals surface area contributed by atoms with Crippen molar-refractivity contribution in [3.05, 3.63) is 99.6 Å². The van der Waals surface area contributed by atoms with Crippen LogP contribution in [0.3, 0.4) is 0 Å². The fourth-order valence-corrected chi connectivity index (χ4v) is 5.11. The smallest absolute Gasteiger partial charge is 0.257 e. The maximum Gasteiger partial charge on any atom is 0.257 e. The van der Waals surface area contributed by atoms with Gasteiger partial charge in [0, 0.05) is 55.7 Å². The van der Waals surface area contributed by atoms with Gasteiger partial charge in [-0.15, -0.1) is 0 Å². The van der Waals surface area contributed by atoms with Crippen LogP contribution in [0.15, 0.2) is 59.6 Å². The first-order valence-electron chi connectivity index (χ1n) is 13.0. The molecule has 0 saturated carbocycles. The van der Waals surface area contributed by atoms with Crippen LogP contribution < -0.4 is 10.2 Å². The molecule has 0 aromatic heterocycles. The summed E-state index contributed by atoms with van der Waals surface area (Å²) in [7, 11) is 2.12. The van der Waals surface area contributed by atoms with Gasteiger partial charge in [-0.3, -0.25) is 9.79 Å². The van der Waals surface area contributed by atoms with E-state index in [2.05, 4.69) is 33.2 Å². The van der Waals surface area contributed by atoms with E-state index in [1.807, 2.05) is 30.3 Å². The third-order valence-electron chi connectivity index (χ3n) is 7.21. The number of hydrogen-bond donors (Lipinski definition) is 2. The summed E-state index contributed by atoms with van der Waals surface area (Å²) in [5.74, 6) is -0.960. The fourth-order valence-electron chi connectivity index (χ4n) is 5.11. The van der Waals surface area contributed by atoms with Crippen molar-refractivity contribution in [2.24, 2.45) is 4.99 Å². The maximum absolute atomic E-state index is 13.6. The Bertz CT molecular complexity index is 1350. The van der Waals surface area contributed by atoms with Crippen LogP contribution in [0, 0.1) is 11.6 Å². The molecule has 5 rings (SSSR count). The lowest BCUT2D eigenvalue weighted by atomic mass is 9.98. The minimum absolute atomic E-state index is 0.0534. The molecule has 1 saturated heterocycles. The standard InChI is InChI=1S/C30H32F2N4O2/c1-35-8-10-36(11-9-35)26-6-7-27(22(17-26)3-2-12-37)30(38)34-29-28-16-20(4-5-23(28)19-33-29)13-21-14-24(31)18-25(32)15-21/h4-7,14-18,37H,2-3,8-13,19H2,1H3,(H,33,34,38). The van der Waals surface area contributed by atoms with Crippen molar-refractivity contribution in [1.29, 1.82) is 0 Å². The number of amidine groups is 1. The van der Waals surface area contributed by atoms with E-state index in [-0.39, 0.29) is 12.5 Å². The lowest BCUT2D eigenvalue weighted by molar-refractivity contribution is 0.0976. The summed E-state index contributed by atoms with van der Waals surface area (Å²) < 4.78 is 27.3. The number of piperazine rings is 1. The Hall–Kier alpha value is -3.62. The summed E-state index contributed by atoms with van der Waals surface area (Å²) in [5.41, 5.74) is 5.77. The number of aryl methyl sites for hydroxylation is 1. The topological polar surface area (TPSA) is 68.2 Å². The first kappa shape index (κ1) is 26.0. The molecule has 0 aliphatic carbocycles.